The van der Waals surface area contributed by atoms with Gasteiger partial charge in [-0.15, -0.1) is 0 Å². The quantitative estimate of drug-likeness (QED) is 0.620. The van der Waals surface area contributed by atoms with E-state index in [1.54, 1.807) is 48.5 Å². The maximum absolute atomic E-state index is 14.1. The molecule has 0 spiro atoms. The van der Waals surface area contributed by atoms with E-state index in [-0.39, 0.29) is 32.1 Å². The minimum atomic E-state index is -5.57. The summed E-state index contributed by atoms with van der Waals surface area (Å²) in [7, 11) is 0. The Balaban J connectivity index is 2.40. The van der Waals surface area contributed by atoms with Gasteiger partial charge in [0.15, 0.2) is 0 Å². The van der Waals surface area contributed by atoms with E-state index in [0.29, 0.717) is 12.6 Å². The van der Waals surface area contributed by atoms with E-state index in [1.165, 1.54) is 0 Å². The zero-order valence-electron chi connectivity index (χ0n) is 11.7. The first-order valence-electron chi connectivity index (χ1n) is 6.89. The van der Waals surface area contributed by atoms with Gasteiger partial charge in [0, 0.05) is 0 Å². The second-order valence-corrected chi connectivity index (χ2v) is 10.8. The molecule has 0 aromatic heterocycles. The third kappa shape index (κ3) is 2.06. The van der Waals surface area contributed by atoms with Crippen molar-refractivity contribution < 1.29 is 35.6 Å². The number of hydrogen-bond donors (Lipinski definition) is 0. The van der Waals surface area contributed by atoms with E-state index >= 15 is 0 Å². The molecule has 2 aromatic carbocycles. The SMILES string of the molecule is O=Cc1cccc[c]1[Ti]1(=[O])([c]2ccccc2C=O)[O]CC[O]1. The third-order valence-corrected chi connectivity index (χ3v) is 10.5. The molecule has 0 amide bonds. The van der Waals surface area contributed by atoms with Crippen molar-refractivity contribution in [3.8, 4) is 0 Å². The van der Waals surface area contributed by atoms with Crippen LogP contribution in [-0.2, 0) is 26.0 Å². The van der Waals surface area contributed by atoms with Crippen LogP contribution >= 0.6 is 0 Å². The molecule has 112 valence electrons. The molecule has 1 heterocycles. The van der Waals surface area contributed by atoms with E-state index in [9.17, 15) is 12.9 Å². The van der Waals surface area contributed by atoms with Gasteiger partial charge in [0.1, 0.15) is 0 Å². The summed E-state index contributed by atoms with van der Waals surface area (Å²) in [6.45, 7) is 0.308. The minimum absolute atomic E-state index is 0.154. The number of rotatable bonds is 4. The van der Waals surface area contributed by atoms with Crippen LogP contribution in [0, 0.1) is 0 Å². The van der Waals surface area contributed by atoms with E-state index in [1.807, 2.05) is 0 Å². The molecule has 6 heteroatoms. The van der Waals surface area contributed by atoms with Crippen LogP contribution in [0.5, 0.6) is 0 Å². The molecule has 2 aromatic rings. The molecule has 3 rings (SSSR count). The van der Waals surface area contributed by atoms with Gasteiger partial charge in [0.2, 0.25) is 0 Å². The Labute approximate surface area is 129 Å². The van der Waals surface area contributed by atoms with E-state index in [0.717, 1.165) is 0 Å². The van der Waals surface area contributed by atoms with Crippen molar-refractivity contribution in [2.75, 3.05) is 13.2 Å². The third-order valence-electron chi connectivity index (χ3n) is 3.92. The van der Waals surface area contributed by atoms with Gasteiger partial charge in [0.25, 0.3) is 0 Å². The predicted octanol–water partition coefficient (Wildman–Crippen LogP) is 1.17. The molecule has 0 atom stereocenters. The average Bonchev–Trinajstić information content (AvgIpc) is 3.00. The summed E-state index contributed by atoms with van der Waals surface area (Å²) in [4.78, 5) is 22.7. The topological polar surface area (TPSA) is 69.7 Å². The zero-order valence-corrected chi connectivity index (χ0v) is 13.3. The molecule has 0 aliphatic carbocycles. The van der Waals surface area contributed by atoms with E-state index in [4.69, 9.17) is 6.64 Å². The second kappa shape index (κ2) is 5.45. The van der Waals surface area contributed by atoms with Gasteiger partial charge in [-0.1, -0.05) is 0 Å². The summed E-state index contributed by atoms with van der Waals surface area (Å²) >= 11 is -5.57. The monoisotopic (exact) mass is 334 g/mol. The van der Waals surface area contributed by atoms with Crippen molar-refractivity contribution in [1.82, 2.24) is 0 Å². The van der Waals surface area contributed by atoms with Gasteiger partial charge in [-0.2, -0.15) is 0 Å². The molecule has 0 N–H and O–H groups in total. The summed E-state index contributed by atoms with van der Waals surface area (Å²) in [5, 5.41) is 0. The number of carbonyl (C=O) groups is 2. The fourth-order valence-electron chi connectivity index (χ4n) is 2.94. The molecule has 0 radical (unpaired) electrons. The second-order valence-electron chi connectivity index (χ2n) is 5.09. The first-order valence-corrected chi connectivity index (χ1v) is 10.4. The summed E-state index contributed by atoms with van der Waals surface area (Å²) in [6.07, 6.45) is 1.25. The van der Waals surface area contributed by atoms with Gasteiger partial charge in [-0.3, -0.25) is 0 Å². The van der Waals surface area contributed by atoms with Crippen LogP contribution in [0.4, 0.5) is 0 Å². The first-order chi connectivity index (χ1) is 10.6. The predicted molar refractivity (Wildman–Crippen MR) is 75.5 cm³/mol. The molecule has 1 saturated heterocycles. The van der Waals surface area contributed by atoms with Crippen molar-refractivity contribution in [1.29, 1.82) is 0 Å². The van der Waals surface area contributed by atoms with Gasteiger partial charge in [-0.05, 0) is 0 Å². The van der Waals surface area contributed by atoms with Gasteiger partial charge in [0.05, 0.1) is 0 Å². The summed E-state index contributed by atoms with van der Waals surface area (Å²) in [5.74, 6) is 0. The fraction of sp³-hybridized carbons (Fsp3) is 0.125. The standard InChI is InChI=1S/2C7H5O.C2H4O2.O.Ti/c2*8-6-7-4-2-1-3-5-7;3-1-2-4;;/h2*1-4,6H;1-2H2;;/q;;-2;;+2. The Morgan fingerprint density at radius 2 is 1.18 bits per heavy atom. The van der Waals surface area contributed by atoms with Crippen molar-refractivity contribution in [3.63, 3.8) is 0 Å². The molecular formula is C16H14O5Ti. The van der Waals surface area contributed by atoms with Crippen molar-refractivity contribution in [3.05, 3.63) is 59.7 Å². The molecule has 22 heavy (non-hydrogen) atoms. The summed E-state index contributed by atoms with van der Waals surface area (Å²) < 4.78 is 25.9. The fourth-order valence-corrected chi connectivity index (χ4v) is 9.11. The molecule has 1 fully saturated rings. The Morgan fingerprint density at radius 3 is 1.59 bits per heavy atom. The normalized spacial score (nSPS) is 18.4. The van der Waals surface area contributed by atoms with Crippen LogP contribution in [-0.4, -0.2) is 25.8 Å². The van der Waals surface area contributed by atoms with Crippen LogP contribution in [0.3, 0.4) is 0 Å². The molecular weight excluding hydrogens is 320 g/mol. The number of aldehydes is 2. The van der Waals surface area contributed by atoms with Crippen LogP contribution in [0.25, 0.3) is 0 Å². The summed E-state index contributed by atoms with van der Waals surface area (Å²) in [5.41, 5.74) is 0.495. The van der Waals surface area contributed by atoms with Gasteiger partial charge < -0.3 is 0 Å². The maximum atomic E-state index is 14.1. The molecule has 5 nitrogen and oxygen atoms in total. The molecule has 0 bridgehead atoms. The molecule has 0 unspecified atom stereocenters. The average molecular weight is 334 g/mol. The van der Waals surface area contributed by atoms with E-state index < -0.39 is 16.1 Å². The Morgan fingerprint density at radius 1 is 0.773 bits per heavy atom. The Bertz CT molecular complexity index is 744. The number of carbonyl (C=O) groups excluding carboxylic acids is 2. The van der Waals surface area contributed by atoms with Crippen LogP contribution in [0.1, 0.15) is 20.7 Å². The zero-order chi connectivity index (χ0) is 15.7. The first kappa shape index (κ1) is 15.1. The Hall–Kier alpha value is -1.79. The van der Waals surface area contributed by atoms with Crippen LogP contribution in [0.2, 0.25) is 0 Å². The Kier molecular flexibility index (Phi) is 3.74. The van der Waals surface area contributed by atoms with E-state index in [2.05, 4.69) is 0 Å². The van der Waals surface area contributed by atoms with Crippen LogP contribution in [0.15, 0.2) is 48.5 Å². The van der Waals surface area contributed by atoms with Crippen LogP contribution < -0.4 is 7.74 Å². The molecule has 1 aliphatic rings. The summed E-state index contributed by atoms with van der Waals surface area (Å²) in [6, 6.07) is 13.0. The van der Waals surface area contributed by atoms with Crippen molar-refractivity contribution >= 4 is 20.3 Å². The number of benzene rings is 2. The van der Waals surface area contributed by atoms with Crippen molar-refractivity contribution in [2.45, 2.75) is 0 Å². The number of hydrogen-bond acceptors (Lipinski definition) is 5. The molecule has 0 saturated carbocycles. The van der Waals surface area contributed by atoms with Gasteiger partial charge >= 0.3 is 129 Å². The van der Waals surface area contributed by atoms with Crippen molar-refractivity contribution in [2.24, 2.45) is 0 Å². The molecule has 1 aliphatic heterocycles. The van der Waals surface area contributed by atoms with Gasteiger partial charge in [-0.25, -0.2) is 0 Å².